The van der Waals surface area contributed by atoms with Crippen LogP contribution in [0.3, 0.4) is 0 Å². The fourth-order valence-electron chi connectivity index (χ4n) is 9.99. The molecule has 1 heterocycles. The van der Waals surface area contributed by atoms with E-state index in [4.69, 9.17) is 19.8 Å². The summed E-state index contributed by atoms with van der Waals surface area (Å²) in [6.45, 7) is 1.44. The Labute approximate surface area is 461 Å². The normalized spacial score (nSPS) is 11.1. The maximum Gasteiger partial charge on any atom is 0.306 e. The van der Waals surface area contributed by atoms with Gasteiger partial charge < -0.3 is 24.4 Å². The predicted octanol–water partition coefficient (Wildman–Crippen LogP) is 16.9. The van der Waals surface area contributed by atoms with Gasteiger partial charge in [0, 0.05) is 58.1 Å². The fraction of sp³-hybridized carbons (Fsp3) is 0.0986. The van der Waals surface area contributed by atoms with E-state index >= 15 is 0 Å². The van der Waals surface area contributed by atoms with E-state index < -0.39 is 0 Å². The molecule has 8 heteroatoms. The first-order valence-electron chi connectivity index (χ1n) is 26.8. The second kappa shape index (κ2) is 24.1. The third-order valence-corrected chi connectivity index (χ3v) is 14.2. The zero-order valence-corrected chi connectivity index (χ0v) is 44.0. The molecule has 0 aliphatic heterocycles. The number of ketones is 1. The van der Waals surface area contributed by atoms with Crippen molar-refractivity contribution in [2.75, 3.05) is 23.0 Å². The summed E-state index contributed by atoms with van der Waals surface area (Å²) >= 11 is 0. The molecule has 0 amide bonds. The van der Waals surface area contributed by atoms with Gasteiger partial charge in [0.15, 0.2) is 0 Å². The maximum atomic E-state index is 12.3. The van der Waals surface area contributed by atoms with Gasteiger partial charge in [-0.15, -0.1) is 0 Å². The lowest BCUT2D eigenvalue weighted by Crippen LogP contribution is -2.11. The molecule has 0 atom stereocenters. The Morgan fingerprint density at radius 2 is 0.709 bits per heavy atom. The molecule has 386 valence electrons. The summed E-state index contributed by atoms with van der Waals surface area (Å²) in [5, 5.41) is 9.10. The molecule has 0 radical (unpaired) electrons. The van der Waals surface area contributed by atoms with Crippen LogP contribution in [0.5, 0.6) is 0 Å². The van der Waals surface area contributed by atoms with E-state index in [0.29, 0.717) is 19.3 Å². The largest absolute Gasteiger partial charge is 0.463 e. The van der Waals surface area contributed by atoms with Crippen molar-refractivity contribution < 1.29 is 19.4 Å². The quantitative estimate of drug-likeness (QED) is 0.0800. The van der Waals surface area contributed by atoms with Crippen molar-refractivity contribution in [2.24, 2.45) is 0 Å². The van der Waals surface area contributed by atoms with Crippen LogP contribution >= 0.6 is 0 Å². The number of aliphatic hydroxyl groups is 1. The van der Waals surface area contributed by atoms with Crippen LogP contribution in [0, 0.1) is 0 Å². The van der Waals surface area contributed by atoms with Crippen molar-refractivity contribution >= 4 is 56.9 Å². The van der Waals surface area contributed by atoms with Crippen molar-refractivity contribution in [3.8, 4) is 55.9 Å². The lowest BCUT2D eigenvalue weighted by molar-refractivity contribution is -0.144. The van der Waals surface area contributed by atoms with Gasteiger partial charge in [-0.05, 0) is 149 Å². The lowest BCUT2D eigenvalue weighted by atomic mass is 10.0. The number of fused-ring (bicyclic) bond motifs is 1. The van der Waals surface area contributed by atoms with E-state index in [9.17, 15) is 9.59 Å². The molecule has 0 spiro atoms. The van der Waals surface area contributed by atoms with Crippen LogP contribution in [0.4, 0.5) is 34.1 Å². The number of rotatable bonds is 19. The van der Waals surface area contributed by atoms with Crippen LogP contribution in [-0.4, -0.2) is 40.0 Å². The summed E-state index contributed by atoms with van der Waals surface area (Å²) in [7, 11) is 0. The zero-order chi connectivity index (χ0) is 53.9. The van der Waals surface area contributed by atoms with E-state index in [-0.39, 0.29) is 31.4 Å². The van der Waals surface area contributed by atoms with Gasteiger partial charge in [0.05, 0.1) is 29.0 Å². The van der Waals surface area contributed by atoms with Gasteiger partial charge in [-0.2, -0.15) is 0 Å². The second-order valence-corrected chi connectivity index (χ2v) is 19.6. The number of hydrogen-bond donors (Lipinski definition) is 1. The molecular formula is C71H58N4O4. The smallest absolute Gasteiger partial charge is 0.306 e. The van der Waals surface area contributed by atoms with E-state index in [0.717, 1.165) is 112 Å². The zero-order valence-electron chi connectivity index (χ0n) is 44.0. The SMILES string of the molecule is CC(=O)CCc1ccc(N(c2ccc(-c3ccccc3)cc2)c2ccc(-c3nc4ccc(-c5ccccc5)cc4nc3-c3ccc(N(c4ccc(CCC(=O)OCCO)cc4)c4ccc(-c5ccccc5)cc4)cc3)cc2)cc1. The third kappa shape index (κ3) is 12.1. The molecule has 8 nitrogen and oxygen atoms in total. The highest BCUT2D eigenvalue weighted by molar-refractivity contribution is 5.90. The monoisotopic (exact) mass is 1030 g/mol. The average molecular weight is 1030 g/mol. The van der Waals surface area contributed by atoms with Gasteiger partial charge in [-0.3, -0.25) is 4.79 Å². The average Bonchev–Trinajstić information content (AvgIpc) is 3.53. The summed E-state index contributed by atoms with van der Waals surface area (Å²) in [6, 6.07) is 88.5. The minimum atomic E-state index is -0.333. The molecule has 0 bridgehead atoms. The number of esters is 1. The molecule has 11 rings (SSSR count). The minimum absolute atomic E-state index is 0.000980. The number of Topliss-reactive ketones (excluding diaryl/α,β-unsaturated/α-hetero) is 1. The number of carbonyl (C=O) groups is 2. The molecule has 0 aliphatic carbocycles. The number of aliphatic hydroxyl groups excluding tert-OH is 1. The van der Waals surface area contributed by atoms with Crippen molar-refractivity contribution in [1.29, 1.82) is 0 Å². The highest BCUT2D eigenvalue weighted by atomic mass is 16.5. The number of hydrogen-bond acceptors (Lipinski definition) is 8. The number of aromatic nitrogens is 2. The maximum absolute atomic E-state index is 12.3. The van der Waals surface area contributed by atoms with Gasteiger partial charge in [-0.1, -0.05) is 170 Å². The van der Waals surface area contributed by atoms with E-state index in [1.165, 1.54) is 0 Å². The second-order valence-electron chi connectivity index (χ2n) is 19.6. The number of benzene rings is 10. The van der Waals surface area contributed by atoms with Crippen molar-refractivity contribution in [2.45, 2.75) is 32.6 Å². The molecule has 0 aliphatic rings. The van der Waals surface area contributed by atoms with Crippen molar-refractivity contribution in [3.05, 3.63) is 266 Å². The predicted molar refractivity (Wildman–Crippen MR) is 321 cm³/mol. The van der Waals surface area contributed by atoms with Crippen LogP contribution < -0.4 is 9.80 Å². The first kappa shape index (κ1) is 51.4. The van der Waals surface area contributed by atoms with Gasteiger partial charge in [-0.25, -0.2) is 9.97 Å². The topological polar surface area (TPSA) is 95.9 Å². The summed E-state index contributed by atoms with van der Waals surface area (Å²) in [6.07, 6.45) is 1.96. The Hall–Kier alpha value is -9.76. The van der Waals surface area contributed by atoms with E-state index in [1.807, 2.05) is 30.3 Å². The molecule has 79 heavy (non-hydrogen) atoms. The van der Waals surface area contributed by atoms with E-state index in [1.54, 1.807) is 6.92 Å². The van der Waals surface area contributed by atoms with Crippen LogP contribution in [0.25, 0.3) is 66.9 Å². The standard InChI is InChI=1S/C71H58N4O4/c1-50(77)17-18-51-19-33-61(34-20-51)74(63-37-24-56(25-38-63)53-11-5-2-6-12-53)65-41-28-58(29-42-65)70-71(73-68-49-60(32-45-67(68)72-70)55-15-9-4-10-16-55)59-30-43-66(44-31-59)75(64-39-26-57(27-40-64)54-13-7-3-8-14-54)62-35-21-52(22-36-62)23-46-69(78)79-48-47-76/h2-16,19-22,24-45,49,76H,17-18,23,46-48H2,1H3. The van der Waals surface area contributed by atoms with Gasteiger partial charge in [0.25, 0.3) is 0 Å². The van der Waals surface area contributed by atoms with Crippen LogP contribution in [-0.2, 0) is 27.2 Å². The van der Waals surface area contributed by atoms with Gasteiger partial charge in [0.2, 0.25) is 0 Å². The summed E-state index contributed by atoms with van der Waals surface area (Å²) in [5.74, 6) is -0.154. The number of carbonyl (C=O) groups excluding carboxylic acids is 2. The Morgan fingerprint density at radius 1 is 0.380 bits per heavy atom. The molecular weight excluding hydrogens is 973 g/mol. The highest BCUT2D eigenvalue weighted by Gasteiger charge is 2.20. The molecule has 1 aromatic heterocycles. The number of aryl methyl sites for hydroxylation is 2. The molecule has 0 saturated carbocycles. The van der Waals surface area contributed by atoms with Crippen LogP contribution in [0.15, 0.2) is 255 Å². The third-order valence-electron chi connectivity index (χ3n) is 14.2. The molecule has 10 aromatic carbocycles. The van der Waals surface area contributed by atoms with Crippen LogP contribution in [0.2, 0.25) is 0 Å². The fourth-order valence-corrected chi connectivity index (χ4v) is 9.99. The number of ether oxygens (including phenoxy) is 1. The molecule has 1 N–H and O–H groups in total. The molecule has 0 fully saturated rings. The lowest BCUT2D eigenvalue weighted by Gasteiger charge is -2.26. The Bertz CT molecular complexity index is 3820. The highest BCUT2D eigenvalue weighted by Crippen LogP contribution is 2.41. The van der Waals surface area contributed by atoms with Crippen LogP contribution in [0.1, 0.15) is 30.9 Å². The Morgan fingerprint density at radius 3 is 1.10 bits per heavy atom. The molecule has 11 aromatic rings. The Kier molecular flexibility index (Phi) is 15.6. The van der Waals surface area contributed by atoms with Gasteiger partial charge in [0.1, 0.15) is 12.4 Å². The minimum Gasteiger partial charge on any atom is -0.463 e. The first-order valence-corrected chi connectivity index (χ1v) is 26.8. The number of nitrogens with zero attached hydrogens (tertiary/aromatic N) is 4. The van der Waals surface area contributed by atoms with E-state index in [2.05, 4.69) is 234 Å². The first-order chi connectivity index (χ1) is 38.8. The molecule has 0 saturated heterocycles. The van der Waals surface area contributed by atoms with Crippen molar-refractivity contribution in [1.82, 2.24) is 9.97 Å². The van der Waals surface area contributed by atoms with Crippen molar-refractivity contribution in [3.63, 3.8) is 0 Å². The number of anilines is 6. The summed E-state index contributed by atoms with van der Waals surface area (Å²) in [5.41, 5.74) is 19.7. The Balaban J connectivity index is 0.971. The summed E-state index contributed by atoms with van der Waals surface area (Å²) < 4.78 is 5.11. The molecule has 0 unspecified atom stereocenters. The van der Waals surface area contributed by atoms with Gasteiger partial charge >= 0.3 is 5.97 Å². The summed E-state index contributed by atoms with van der Waals surface area (Å²) in [4.78, 5) is 39.5.